The number of rotatable bonds is 5. The molecule has 0 aromatic heterocycles. The molecule has 0 bridgehead atoms. The van der Waals surface area contributed by atoms with Crippen molar-refractivity contribution in [2.75, 3.05) is 13.1 Å². The van der Waals surface area contributed by atoms with Gasteiger partial charge in [0.1, 0.15) is 5.82 Å². The van der Waals surface area contributed by atoms with Crippen molar-refractivity contribution < 1.29 is 4.39 Å². The van der Waals surface area contributed by atoms with Crippen LogP contribution in [0.2, 0.25) is 0 Å². The second-order valence-corrected chi connectivity index (χ2v) is 5.91. The Morgan fingerprint density at radius 3 is 2.80 bits per heavy atom. The normalized spacial score (nSPS) is 25.6. The fourth-order valence-electron chi connectivity index (χ4n) is 3.54. The minimum absolute atomic E-state index is 0.145. The van der Waals surface area contributed by atoms with Gasteiger partial charge in [-0.25, -0.2) is 4.39 Å². The van der Waals surface area contributed by atoms with Gasteiger partial charge in [0.2, 0.25) is 0 Å². The molecule has 2 N–H and O–H groups in total. The third-order valence-electron chi connectivity index (χ3n) is 4.74. The summed E-state index contributed by atoms with van der Waals surface area (Å²) in [4.78, 5) is 2.50. The summed E-state index contributed by atoms with van der Waals surface area (Å²) >= 11 is 0. The molecule has 0 radical (unpaired) electrons. The van der Waals surface area contributed by atoms with Gasteiger partial charge in [-0.15, -0.1) is 0 Å². The largest absolute Gasteiger partial charge is 0.329 e. The van der Waals surface area contributed by atoms with Crippen LogP contribution in [0.5, 0.6) is 0 Å². The van der Waals surface area contributed by atoms with Crippen molar-refractivity contribution in [3.8, 4) is 0 Å². The molecule has 0 spiro atoms. The fourth-order valence-corrected chi connectivity index (χ4v) is 3.54. The first kappa shape index (κ1) is 15.5. The minimum Gasteiger partial charge on any atom is -0.329 e. The van der Waals surface area contributed by atoms with Gasteiger partial charge in [-0.2, -0.15) is 0 Å². The van der Waals surface area contributed by atoms with Crippen molar-refractivity contribution in [2.24, 2.45) is 11.7 Å². The van der Waals surface area contributed by atoms with Crippen LogP contribution < -0.4 is 5.73 Å². The zero-order valence-electron chi connectivity index (χ0n) is 12.7. The van der Waals surface area contributed by atoms with Crippen molar-refractivity contribution in [1.29, 1.82) is 0 Å². The van der Waals surface area contributed by atoms with Crippen LogP contribution in [-0.2, 0) is 0 Å². The van der Waals surface area contributed by atoms with Crippen LogP contribution in [0.15, 0.2) is 24.3 Å². The molecule has 0 saturated carbocycles. The monoisotopic (exact) mass is 278 g/mol. The van der Waals surface area contributed by atoms with E-state index >= 15 is 0 Å². The van der Waals surface area contributed by atoms with E-state index in [1.165, 1.54) is 25.3 Å². The lowest BCUT2D eigenvalue weighted by atomic mass is 9.86. The van der Waals surface area contributed by atoms with Gasteiger partial charge in [0.15, 0.2) is 0 Å². The zero-order valence-corrected chi connectivity index (χ0v) is 12.7. The predicted molar refractivity (Wildman–Crippen MR) is 82.0 cm³/mol. The van der Waals surface area contributed by atoms with E-state index in [-0.39, 0.29) is 11.9 Å². The summed E-state index contributed by atoms with van der Waals surface area (Å²) in [6, 6.07) is 7.76. The van der Waals surface area contributed by atoms with Crippen molar-refractivity contribution in [1.82, 2.24) is 4.90 Å². The van der Waals surface area contributed by atoms with Crippen LogP contribution in [0.4, 0.5) is 4.39 Å². The smallest absolute Gasteiger partial charge is 0.123 e. The SMILES string of the molecule is CCC1CCN(C(CC)c2cccc(F)c2)C(CN)C1. The maximum Gasteiger partial charge on any atom is 0.123 e. The maximum absolute atomic E-state index is 13.5. The number of piperidine rings is 1. The molecule has 2 nitrogen and oxygen atoms in total. The third kappa shape index (κ3) is 3.39. The number of hydrogen-bond acceptors (Lipinski definition) is 2. The lowest BCUT2D eigenvalue weighted by molar-refractivity contribution is 0.0676. The number of nitrogens with zero attached hydrogens (tertiary/aromatic N) is 1. The van der Waals surface area contributed by atoms with Gasteiger partial charge in [0, 0.05) is 18.6 Å². The maximum atomic E-state index is 13.5. The van der Waals surface area contributed by atoms with Crippen LogP contribution in [-0.4, -0.2) is 24.0 Å². The van der Waals surface area contributed by atoms with E-state index in [0.29, 0.717) is 12.6 Å². The van der Waals surface area contributed by atoms with Crippen LogP contribution in [0.3, 0.4) is 0 Å². The molecule has 20 heavy (non-hydrogen) atoms. The van der Waals surface area contributed by atoms with E-state index in [9.17, 15) is 4.39 Å². The van der Waals surface area contributed by atoms with Gasteiger partial charge in [0.05, 0.1) is 0 Å². The number of halogens is 1. The van der Waals surface area contributed by atoms with E-state index in [1.54, 1.807) is 6.07 Å². The second kappa shape index (κ2) is 7.19. The van der Waals surface area contributed by atoms with Crippen molar-refractivity contribution in [3.05, 3.63) is 35.6 Å². The molecule has 1 fully saturated rings. The predicted octanol–water partition coefficient (Wildman–Crippen LogP) is 3.73. The average molecular weight is 278 g/mol. The van der Waals surface area contributed by atoms with E-state index in [2.05, 4.69) is 18.7 Å². The van der Waals surface area contributed by atoms with Gasteiger partial charge in [-0.1, -0.05) is 32.4 Å². The highest BCUT2D eigenvalue weighted by Gasteiger charge is 2.31. The Morgan fingerprint density at radius 2 is 2.20 bits per heavy atom. The van der Waals surface area contributed by atoms with Crippen LogP contribution in [0.25, 0.3) is 0 Å². The minimum atomic E-state index is -0.145. The lowest BCUT2D eigenvalue weighted by Crippen LogP contribution is -2.48. The number of nitrogens with two attached hydrogens (primary N) is 1. The summed E-state index contributed by atoms with van der Waals surface area (Å²) < 4.78 is 13.5. The summed E-state index contributed by atoms with van der Waals surface area (Å²) in [5.74, 6) is 0.651. The first-order chi connectivity index (χ1) is 9.69. The number of benzene rings is 1. The lowest BCUT2D eigenvalue weighted by Gasteiger charge is -2.43. The highest BCUT2D eigenvalue weighted by Crippen LogP contribution is 2.33. The molecule has 0 aliphatic carbocycles. The molecule has 0 amide bonds. The molecule has 112 valence electrons. The topological polar surface area (TPSA) is 29.3 Å². The summed E-state index contributed by atoms with van der Waals surface area (Å²) in [7, 11) is 0. The van der Waals surface area contributed by atoms with E-state index < -0.39 is 0 Å². The molecule has 1 aromatic carbocycles. The summed E-state index contributed by atoms with van der Waals surface area (Å²) in [5.41, 5.74) is 7.08. The first-order valence-corrected chi connectivity index (χ1v) is 7.90. The molecular formula is C17H27FN2. The molecule has 3 atom stereocenters. The van der Waals surface area contributed by atoms with E-state index in [4.69, 9.17) is 5.73 Å². The Morgan fingerprint density at radius 1 is 1.40 bits per heavy atom. The number of hydrogen-bond donors (Lipinski definition) is 1. The van der Waals surface area contributed by atoms with Gasteiger partial charge in [-0.05, 0) is 49.4 Å². The van der Waals surface area contributed by atoms with Gasteiger partial charge >= 0.3 is 0 Å². The standard InChI is InChI=1S/C17H27FN2/c1-3-13-8-9-20(16(10-13)12-19)17(4-2)14-6-5-7-15(18)11-14/h5-7,11,13,16-17H,3-4,8-10,12,19H2,1-2H3. The first-order valence-electron chi connectivity index (χ1n) is 7.90. The van der Waals surface area contributed by atoms with Crippen molar-refractivity contribution >= 4 is 0 Å². The van der Waals surface area contributed by atoms with E-state index in [1.807, 2.05) is 12.1 Å². The molecule has 3 heteroatoms. The summed E-state index contributed by atoms with van der Waals surface area (Å²) in [6.45, 7) is 6.21. The van der Waals surface area contributed by atoms with Crippen LogP contribution >= 0.6 is 0 Å². The highest BCUT2D eigenvalue weighted by atomic mass is 19.1. The van der Waals surface area contributed by atoms with E-state index in [0.717, 1.165) is 24.4 Å². The molecule has 1 saturated heterocycles. The zero-order chi connectivity index (χ0) is 14.5. The molecule has 1 aromatic rings. The Balaban J connectivity index is 2.18. The van der Waals surface area contributed by atoms with Crippen LogP contribution in [0.1, 0.15) is 51.1 Å². The third-order valence-corrected chi connectivity index (χ3v) is 4.74. The molecule has 1 aliphatic rings. The summed E-state index contributed by atoms with van der Waals surface area (Å²) in [5, 5.41) is 0. The average Bonchev–Trinajstić information content (AvgIpc) is 2.48. The van der Waals surface area contributed by atoms with Gasteiger partial charge < -0.3 is 5.73 Å². The van der Waals surface area contributed by atoms with Gasteiger partial charge in [-0.3, -0.25) is 4.90 Å². The quantitative estimate of drug-likeness (QED) is 0.889. The fraction of sp³-hybridized carbons (Fsp3) is 0.647. The van der Waals surface area contributed by atoms with Gasteiger partial charge in [0.25, 0.3) is 0 Å². The molecule has 3 unspecified atom stereocenters. The Bertz CT molecular complexity index is 421. The Labute approximate surface area is 122 Å². The molecule has 2 rings (SSSR count). The molecule has 1 heterocycles. The Hall–Kier alpha value is -0.930. The molecule has 1 aliphatic heterocycles. The second-order valence-electron chi connectivity index (χ2n) is 5.91. The molecular weight excluding hydrogens is 251 g/mol. The Kier molecular flexibility index (Phi) is 5.55. The van der Waals surface area contributed by atoms with Crippen molar-refractivity contribution in [3.63, 3.8) is 0 Å². The van der Waals surface area contributed by atoms with Crippen molar-refractivity contribution in [2.45, 2.75) is 51.6 Å². The summed E-state index contributed by atoms with van der Waals surface area (Å²) in [6.07, 6.45) is 4.65. The highest BCUT2D eigenvalue weighted by molar-refractivity contribution is 5.20. The number of likely N-dealkylation sites (tertiary alicyclic amines) is 1. The van der Waals surface area contributed by atoms with Crippen LogP contribution in [0, 0.1) is 11.7 Å².